The van der Waals surface area contributed by atoms with E-state index in [1.165, 1.54) is 18.4 Å². The number of carbonyl (C=O) groups excluding carboxylic acids is 1. The lowest BCUT2D eigenvalue weighted by Gasteiger charge is -2.35. The summed E-state index contributed by atoms with van der Waals surface area (Å²) in [4.78, 5) is 28.2. The lowest BCUT2D eigenvalue weighted by Crippen LogP contribution is -2.49. The third kappa shape index (κ3) is 3.89. The van der Waals surface area contributed by atoms with Crippen LogP contribution in [0.15, 0.2) is 36.7 Å². The van der Waals surface area contributed by atoms with E-state index in [0.717, 1.165) is 62.9 Å². The van der Waals surface area contributed by atoms with Crippen LogP contribution in [0.2, 0.25) is 0 Å². The summed E-state index contributed by atoms with van der Waals surface area (Å²) < 4.78 is 0. The summed E-state index contributed by atoms with van der Waals surface area (Å²) in [6.45, 7) is 7.32. The molecule has 27 heavy (non-hydrogen) atoms. The van der Waals surface area contributed by atoms with Crippen LogP contribution in [0.25, 0.3) is 0 Å². The molecule has 0 aliphatic carbocycles. The molecule has 1 aromatic heterocycles. The maximum atomic E-state index is 12.7. The minimum absolute atomic E-state index is 0.123. The molecule has 0 bridgehead atoms. The van der Waals surface area contributed by atoms with Crippen LogP contribution in [0.5, 0.6) is 0 Å². The maximum Gasteiger partial charge on any atom is 0.253 e. The standard InChI is InChI=1S/C21H27N5O/c1-2-17-5-7-18(8-6-17)21(27)26-13-11-25(12-14-26)20-15-19(22-16-23-20)24-9-3-4-10-24/h5-8,15-16H,2-4,9-14H2,1H3. The molecule has 6 nitrogen and oxygen atoms in total. The predicted molar refractivity (Wildman–Crippen MR) is 107 cm³/mol. The van der Waals surface area contributed by atoms with Gasteiger partial charge in [0.1, 0.15) is 18.0 Å². The second-order valence-electron chi connectivity index (χ2n) is 7.26. The van der Waals surface area contributed by atoms with Crippen molar-refractivity contribution in [3.8, 4) is 0 Å². The summed E-state index contributed by atoms with van der Waals surface area (Å²) in [6, 6.07) is 10.1. The molecule has 142 valence electrons. The Morgan fingerprint density at radius 2 is 1.48 bits per heavy atom. The monoisotopic (exact) mass is 365 g/mol. The third-order valence-corrected chi connectivity index (χ3v) is 5.57. The van der Waals surface area contributed by atoms with E-state index in [4.69, 9.17) is 0 Å². The van der Waals surface area contributed by atoms with Crippen molar-refractivity contribution in [1.82, 2.24) is 14.9 Å². The number of aryl methyl sites for hydroxylation is 1. The molecule has 0 atom stereocenters. The summed E-state index contributed by atoms with van der Waals surface area (Å²) in [7, 11) is 0. The lowest BCUT2D eigenvalue weighted by molar-refractivity contribution is 0.0746. The Morgan fingerprint density at radius 3 is 2.07 bits per heavy atom. The normalized spacial score (nSPS) is 17.4. The molecular weight excluding hydrogens is 338 g/mol. The number of piperazine rings is 1. The van der Waals surface area contributed by atoms with Crippen LogP contribution in [-0.4, -0.2) is 60.0 Å². The molecule has 2 aromatic rings. The average Bonchev–Trinajstić information content (AvgIpc) is 3.29. The number of nitrogens with zero attached hydrogens (tertiary/aromatic N) is 5. The Hall–Kier alpha value is -2.63. The van der Waals surface area contributed by atoms with Gasteiger partial charge in [-0.1, -0.05) is 19.1 Å². The van der Waals surface area contributed by atoms with E-state index in [1.54, 1.807) is 6.33 Å². The summed E-state index contributed by atoms with van der Waals surface area (Å²) in [5.41, 5.74) is 2.04. The number of amides is 1. The summed E-state index contributed by atoms with van der Waals surface area (Å²) in [5.74, 6) is 2.11. The van der Waals surface area contributed by atoms with Crippen molar-refractivity contribution in [1.29, 1.82) is 0 Å². The predicted octanol–water partition coefficient (Wildman–Crippen LogP) is 2.60. The van der Waals surface area contributed by atoms with Crippen molar-refractivity contribution in [3.05, 3.63) is 47.8 Å². The highest BCUT2D eigenvalue weighted by atomic mass is 16.2. The Labute approximate surface area is 160 Å². The van der Waals surface area contributed by atoms with Gasteiger partial charge in [-0.2, -0.15) is 0 Å². The van der Waals surface area contributed by atoms with Gasteiger partial charge in [-0.05, 0) is 37.0 Å². The Kier molecular flexibility index (Phi) is 5.23. The topological polar surface area (TPSA) is 52.6 Å². The van der Waals surface area contributed by atoms with Crippen LogP contribution < -0.4 is 9.80 Å². The van der Waals surface area contributed by atoms with Gasteiger partial charge in [0.2, 0.25) is 0 Å². The number of hydrogen-bond acceptors (Lipinski definition) is 5. The van der Waals surface area contributed by atoms with E-state index in [1.807, 2.05) is 29.2 Å². The highest BCUT2D eigenvalue weighted by Gasteiger charge is 2.23. The Morgan fingerprint density at radius 1 is 0.889 bits per heavy atom. The van der Waals surface area contributed by atoms with Crippen LogP contribution in [0, 0.1) is 0 Å². The van der Waals surface area contributed by atoms with Crippen LogP contribution in [-0.2, 0) is 6.42 Å². The zero-order chi connectivity index (χ0) is 18.6. The number of carbonyl (C=O) groups is 1. The molecule has 0 N–H and O–H groups in total. The molecule has 0 saturated carbocycles. The minimum atomic E-state index is 0.123. The fourth-order valence-electron chi connectivity index (χ4n) is 3.83. The molecule has 2 fully saturated rings. The fourth-order valence-corrected chi connectivity index (χ4v) is 3.83. The molecule has 0 unspecified atom stereocenters. The molecule has 1 aromatic carbocycles. The van der Waals surface area contributed by atoms with Crippen molar-refractivity contribution in [2.24, 2.45) is 0 Å². The first-order valence-corrected chi connectivity index (χ1v) is 9.95. The number of rotatable bonds is 4. The number of hydrogen-bond donors (Lipinski definition) is 0. The smallest absolute Gasteiger partial charge is 0.253 e. The van der Waals surface area contributed by atoms with Crippen molar-refractivity contribution >= 4 is 17.5 Å². The van der Waals surface area contributed by atoms with E-state index in [-0.39, 0.29) is 5.91 Å². The molecule has 2 saturated heterocycles. The van der Waals surface area contributed by atoms with Gasteiger partial charge in [-0.3, -0.25) is 4.79 Å². The van der Waals surface area contributed by atoms with E-state index in [0.29, 0.717) is 0 Å². The van der Waals surface area contributed by atoms with Gasteiger partial charge >= 0.3 is 0 Å². The van der Waals surface area contributed by atoms with Gasteiger partial charge in [0.15, 0.2) is 0 Å². The molecule has 0 radical (unpaired) electrons. The van der Waals surface area contributed by atoms with E-state index < -0.39 is 0 Å². The molecule has 2 aliphatic rings. The van der Waals surface area contributed by atoms with Gasteiger partial charge in [0.25, 0.3) is 5.91 Å². The van der Waals surface area contributed by atoms with Crippen molar-refractivity contribution < 1.29 is 4.79 Å². The second-order valence-corrected chi connectivity index (χ2v) is 7.26. The summed E-state index contributed by atoms with van der Waals surface area (Å²) >= 11 is 0. The lowest BCUT2D eigenvalue weighted by atomic mass is 10.1. The first kappa shape index (κ1) is 17.8. The van der Waals surface area contributed by atoms with Crippen molar-refractivity contribution in [2.75, 3.05) is 49.1 Å². The largest absolute Gasteiger partial charge is 0.356 e. The highest BCUT2D eigenvalue weighted by molar-refractivity contribution is 5.94. The van der Waals surface area contributed by atoms with Crippen LogP contribution in [0.4, 0.5) is 11.6 Å². The van der Waals surface area contributed by atoms with Gasteiger partial charge < -0.3 is 14.7 Å². The van der Waals surface area contributed by atoms with Gasteiger partial charge in [-0.25, -0.2) is 9.97 Å². The van der Waals surface area contributed by atoms with Gasteiger partial charge in [0.05, 0.1) is 0 Å². The van der Waals surface area contributed by atoms with Crippen molar-refractivity contribution in [3.63, 3.8) is 0 Å². The maximum absolute atomic E-state index is 12.7. The third-order valence-electron chi connectivity index (χ3n) is 5.57. The number of benzene rings is 1. The number of anilines is 2. The SMILES string of the molecule is CCc1ccc(C(=O)N2CCN(c3cc(N4CCCC4)ncn3)CC2)cc1. The minimum Gasteiger partial charge on any atom is -0.356 e. The van der Waals surface area contributed by atoms with Gasteiger partial charge in [0, 0.05) is 50.9 Å². The zero-order valence-corrected chi connectivity index (χ0v) is 16.0. The first-order valence-electron chi connectivity index (χ1n) is 9.95. The zero-order valence-electron chi connectivity index (χ0n) is 16.0. The van der Waals surface area contributed by atoms with E-state index in [9.17, 15) is 4.79 Å². The van der Waals surface area contributed by atoms with E-state index >= 15 is 0 Å². The average molecular weight is 365 g/mol. The quantitative estimate of drug-likeness (QED) is 0.834. The van der Waals surface area contributed by atoms with Crippen LogP contribution in [0.3, 0.4) is 0 Å². The molecule has 0 spiro atoms. The Balaban J connectivity index is 1.38. The summed E-state index contributed by atoms with van der Waals surface area (Å²) in [5, 5.41) is 0. The fraction of sp³-hybridized carbons (Fsp3) is 0.476. The molecule has 1 amide bonds. The highest BCUT2D eigenvalue weighted by Crippen LogP contribution is 2.22. The van der Waals surface area contributed by atoms with Crippen LogP contribution >= 0.6 is 0 Å². The van der Waals surface area contributed by atoms with E-state index in [2.05, 4.69) is 32.8 Å². The molecule has 2 aliphatic heterocycles. The molecular formula is C21H27N5O. The summed E-state index contributed by atoms with van der Waals surface area (Å²) in [6.07, 6.45) is 5.13. The second kappa shape index (κ2) is 7.94. The Bertz CT molecular complexity index is 777. The van der Waals surface area contributed by atoms with Gasteiger partial charge in [-0.15, -0.1) is 0 Å². The molecule has 4 rings (SSSR count). The van der Waals surface area contributed by atoms with Crippen molar-refractivity contribution in [2.45, 2.75) is 26.2 Å². The first-order chi connectivity index (χ1) is 13.2. The molecule has 6 heteroatoms. The van der Waals surface area contributed by atoms with Crippen LogP contribution in [0.1, 0.15) is 35.7 Å². The number of aromatic nitrogens is 2. The molecule has 3 heterocycles.